The summed E-state index contributed by atoms with van der Waals surface area (Å²) in [6, 6.07) is 2.16. The van der Waals surface area contributed by atoms with Gasteiger partial charge in [-0.3, -0.25) is 5.10 Å². The molecule has 4 heteroatoms. The molecule has 2 rings (SSSR count). The smallest absolute Gasteiger partial charge is 0.149 e. The van der Waals surface area contributed by atoms with Crippen LogP contribution in [0.4, 0.5) is 5.82 Å². The first-order valence-corrected chi connectivity index (χ1v) is 5.86. The van der Waals surface area contributed by atoms with Gasteiger partial charge in [0.25, 0.3) is 0 Å². The van der Waals surface area contributed by atoms with Crippen molar-refractivity contribution in [2.75, 3.05) is 5.73 Å². The largest absolute Gasteiger partial charge is 0.382 e. The van der Waals surface area contributed by atoms with Crippen LogP contribution in [0.25, 0.3) is 11.3 Å². The number of nitrogens with one attached hydrogen (secondary N) is 1. The number of hydrogen-bond acceptors (Lipinski definition) is 3. The Morgan fingerprint density at radius 2 is 2.20 bits per heavy atom. The van der Waals surface area contributed by atoms with Gasteiger partial charge in [-0.2, -0.15) is 5.10 Å². The molecular weight excluding hydrogens is 206 g/mol. The van der Waals surface area contributed by atoms with Crippen LogP contribution in [-0.2, 0) is 0 Å². The van der Waals surface area contributed by atoms with Gasteiger partial charge in [-0.15, -0.1) is 11.3 Å². The lowest BCUT2D eigenvalue weighted by Gasteiger charge is -2.05. The number of nitrogen functional groups attached to an aromatic ring is 1. The molecule has 15 heavy (non-hydrogen) atoms. The highest BCUT2D eigenvalue weighted by Gasteiger charge is 2.16. The normalized spacial score (nSPS) is 11.2. The molecule has 0 radical (unpaired) electrons. The van der Waals surface area contributed by atoms with Gasteiger partial charge < -0.3 is 5.73 Å². The van der Waals surface area contributed by atoms with Gasteiger partial charge in [-0.1, -0.05) is 13.8 Å². The van der Waals surface area contributed by atoms with Gasteiger partial charge in [0.2, 0.25) is 0 Å². The summed E-state index contributed by atoms with van der Waals surface area (Å²) in [6.45, 7) is 6.36. The lowest BCUT2D eigenvalue weighted by Crippen LogP contribution is -1.94. The third-order valence-electron chi connectivity index (χ3n) is 2.43. The molecule has 0 aliphatic heterocycles. The molecular formula is C11H15N3S. The predicted molar refractivity (Wildman–Crippen MR) is 65.1 cm³/mol. The van der Waals surface area contributed by atoms with E-state index in [0.29, 0.717) is 11.7 Å². The van der Waals surface area contributed by atoms with Gasteiger partial charge >= 0.3 is 0 Å². The second-order valence-corrected chi connectivity index (χ2v) is 5.11. The fourth-order valence-electron chi connectivity index (χ4n) is 1.74. The quantitative estimate of drug-likeness (QED) is 0.818. The minimum absolute atomic E-state index is 0.388. The molecule has 0 amide bonds. The molecule has 0 bridgehead atoms. The minimum Gasteiger partial charge on any atom is -0.382 e. The fraction of sp³-hybridized carbons (Fsp3) is 0.364. The summed E-state index contributed by atoms with van der Waals surface area (Å²) in [7, 11) is 0. The van der Waals surface area contributed by atoms with Crippen molar-refractivity contribution in [2.45, 2.75) is 26.7 Å². The standard InChI is InChI=1S/C11H15N3S/c1-6(2)9-10(13-14-11(9)12)8-4-7(3)15-5-8/h4-6H,1-3H3,(H3,12,13,14). The number of aromatic amines is 1. The Morgan fingerprint density at radius 1 is 1.47 bits per heavy atom. The Labute approximate surface area is 93.3 Å². The van der Waals surface area contributed by atoms with Crippen LogP contribution in [0.3, 0.4) is 0 Å². The number of aryl methyl sites for hydroxylation is 1. The monoisotopic (exact) mass is 221 g/mol. The second kappa shape index (κ2) is 3.70. The zero-order valence-corrected chi connectivity index (χ0v) is 9.98. The van der Waals surface area contributed by atoms with E-state index in [9.17, 15) is 0 Å². The summed E-state index contributed by atoms with van der Waals surface area (Å²) in [6.07, 6.45) is 0. The highest BCUT2D eigenvalue weighted by molar-refractivity contribution is 7.10. The van der Waals surface area contributed by atoms with Crippen molar-refractivity contribution in [3.8, 4) is 11.3 Å². The number of H-pyrrole nitrogens is 1. The summed E-state index contributed by atoms with van der Waals surface area (Å²) < 4.78 is 0. The molecule has 2 heterocycles. The number of thiophene rings is 1. The van der Waals surface area contributed by atoms with E-state index in [2.05, 4.69) is 42.4 Å². The lowest BCUT2D eigenvalue weighted by molar-refractivity contribution is 0.873. The molecule has 3 N–H and O–H groups in total. The first-order valence-electron chi connectivity index (χ1n) is 4.99. The minimum atomic E-state index is 0.388. The first-order chi connectivity index (χ1) is 7.09. The number of nitrogens with two attached hydrogens (primary N) is 1. The van der Waals surface area contributed by atoms with E-state index in [1.165, 1.54) is 10.4 Å². The molecule has 0 aromatic carbocycles. The van der Waals surface area contributed by atoms with Crippen LogP contribution in [0.5, 0.6) is 0 Å². The van der Waals surface area contributed by atoms with Gasteiger partial charge in [-0.25, -0.2) is 0 Å². The lowest BCUT2D eigenvalue weighted by atomic mass is 10.00. The van der Waals surface area contributed by atoms with Crippen LogP contribution in [-0.4, -0.2) is 10.2 Å². The van der Waals surface area contributed by atoms with Crippen molar-refractivity contribution >= 4 is 17.2 Å². The first kappa shape index (κ1) is 10.2. The van der Waals surface area contributed by atoms with Crippen LogP contribution in [0, 0.1) is 6.92 Å². The van der Waals surface area contributed by atoms with Gasteiger partial charge in [0.15, 0.2) is 0 Å². The number of rotatable bonds is 2. The summed E-state index contributed by atoms with van der Waals surface area (Å²) in [5, 5.41) is 9.23. The Bertz CT molecular complexity index is 468. The highest BCUT2D eigenvalue weighted by Crippen LogP contribution is 2.33. The number of nitrogens with zero attached hydrogens (tertiary/aromatic N) is 1. The van der Waals surface area contributed by atoms with Crippen molar-refractivity contribution in [2.24, 2.45) is 0 Å². The average molecular weight is 221 g/mol. The van der Waals surface area contributed by atoms with Crippen LogP contribution in [0.15, 0.2) is 11.4 Å². The van der Waals surface area contributed by atoms with Gasteiger partial charge in [0.05, 0.1) is 5.69 Å². The Balaban J connectivity index is 2.53. The van der Waals surface area contributed by atoms with Crippen molar-refractivity contribution < 1.29 is 0 Å². The molecule has 80 valence electrons. The number of hydrogen-bond donors (Lipinski definition) is 2. The molecule has 0 saturated heterocycles. The maximum Gasteiger partial charge on any atom is 0.149 e. The SMILES string of the molecule is Cc1cc(-c2[nH]nc(N)c2C(C)C)cs1. The van der Waals surface area contributed by atoms with Crippen LogP contribution in [0.2, 0.25) is 0 Å². The molecule has 3 nitrogen and oxygen atoms in total. The Kier molecular flexibility index (Phi) is 2.52. The van der Waals surface area contributed by atoms with E-state index in [-0.39, 0.29) is 0 Å². The predicted octanol–water partition coefficient (Wildman–Crippen LogP) is 3.15. The fourth-order valence-corrected chi connectivity index (χ4v) is 2.44. The Morgan fingerprint density at radius 3 is 2.73 bits per heavy atom. The summed E-state index contributed by atoms with van der Waals surface area (Å²) in [4.78, 5) is 1.30. The zero-order valence-electron chi connectivity index (χ0n) is 9.16. The number of anilines is 1. The molecule has 0 unspecified atom stereocenters. The molecule has 0 spiro atoms. The molecule has 0 saturated carbocycles. The van der Waals surface area contributed by atoms with E-state index in [1.54, 1.807) is 11.3 Å². The van der Waals surface area contributed by atoms with Gasteiger partial charge in [0.1, 0.15) is 5.82 Å². The van der Waals surface area contributed by atoms with Crippen molar-refractivity contribution in [1.29, 1.82) is 0 Å². The van der Waals surface area contributed by atoms with Crippen molar-refractivity contribution in [1.82, 2.24) is 10.2 Å². The molecule has 0 atom stereocenters. The van der Waals surface area contributed by atoms with Gasteiger partial charge in [-0.05, 0) is 18.9 Å². The highest BCUT2D eigenvalue weighted by atomic mass is 32.1. The van der Waals surface area contributed by atoms with E-state index in [4.69, 9.17) is 5.73 Å². The van der Waals surface area contributed by atoms with E-state index < -0.39 is 0 Å². The van der Waals surface area contributed by atoms with Crippen LogP contribution < -0.4 is 5.73 Å². The van der Waals surface area contributed by atoms with Crippen molar-refractivity contribution in [3.05, 3.63) is 21.9 Å². The average Bonchev–Trinajstić information content (AvgIpc) is 2.71. The third-order valence-corrected chi connectivity index (χ3v) is 3.29. The zero-order chi connectivity index (χ0) is 11.0. The third kappa shape index (κ3) is 1.77. The Hall–Kier alpha value is -1.29. The maximum absolute atomic E-state index is 5.85. The molecule has 0 fully saturated rings. The summed E-state index contributed by atoms with van der Waals surface area (Å²) >= 11 is 1.74. The topological polar surface area (TPSA) is 54.7 Å². The van der Waals surface area contributed by atoms with Crippen LogP contribution >= 0.6 is 11.3 Å². The molecule has 2 aromatic rings. The number of aromatic nitrogens is 2. The second-order valence-electron chi connectivity index (χ2n) is 4.00. The van der Waals surface area contributed by atoms with Crippen molar-refractivity contribution in [3.63, 3.8) is 0 Å². The molecule has 0 aliphatic carbocycles. The summed E-state index contributed by atoms with van der Waals surface area (Å²) in [5.41, 5.74) is 9.21. The van der Waals surface area contributed by atoms with E-state index in [1.807, 2.05) is 0 Å². The van der Waals surface area contributed by atoms with E-state index >= 15 is 0 Å². The molecule has 2 aromatic heterocycles. The van der Waals surface area contributed by atoms with E-state index in [0.717, 1.165) is 11.3 Å². The summed E-state index contributed by atoms with van der Waals surface area (Å²) in [5.74, 6) is 1.00. The van der Waals surface area contributed by atoms with Gasteiger partial charge in [0, 0.05) is 21.4 Å². The molecule has 0 aliphatic rings. The van der Waals surface area contributed by atoms with Crippen LogP contribution in [0.1, 0.15) is 30.2 Å². The maximum atomic E-state index is 5.85.